The molecule has 3 aromatic rings. The predicted octanol–water partition coefficient (Wildman–Crippen LogP) is 3.42. The smallest absolute Gasteiger partial charge is 0.217 e. The van der Waals surface area contributed by atoms with Gasteiger partial charge in [-0.3, -0.25) is 9.59 Å². The van der Waals surface area contributed by atoms with Crippen LogP contribution in [0.15, 0.2) is 66.7 Å². The van der Waals surface area contributed by atoms with Crippen molar-refractivity contribution < 1.29 is 18.0 Å². The van der Waals surface area contributed by atoms with Crippen molar-refractivity contribution in [3.63, 3.8) is 0 Å². The van der Waals surface area contributed by atoms with Crippen LogP contribution in [0.4, 0.5) is 5.69 Å². The Hall–Kier alpha value is -3.19. The molecule has 0 fully saturated rings. The summed E-state index contributed by atoms with van der Waals surface area (Å²) in [6.45, 7) is 0. The molecule has 1 amide bonds. The quantitative estimate of drug-likeness (QED) is 0.403. The molecule has 6 nitrogen and oxygen atoms in total. The van der Waals surface area contributed by atoms with Crippen LogP contribution in [0.5, 0.6) is 0 Å². The van der Waals surface area contributed by atoms with Crippen molar-refractivity contribution in [3.8, 4) is 0 Å². The average molecular weight is 425 g/mol. The molecule has 0 aliphatic carbocycles. The van der Waals surface area contributed by atoms with Gasteiger partial charge in [-0.05, 0) is 41.3 Å². The zero-order valence-corrected chi connectivity index (χ0v) is 17.3. The van der Waals surface area contributed by atoms with E-state index in [1.165, 1.54) is 0 Å². The molecule has 1 atom stereocenters. The Morgan fingerprint density at radius 2 is 1.57 bits per heavy atom. The number of fused-ring (bicyclic) bond motifs is 1. The van der Waals surface area contributed by atoms with Crippen LogP contribution in [0.1, 0.15) is 40.4 Å². The minimum Gasteiger partial charge on any atom is -0.398 e. The van der Waals surface area contributed by atoms with Gasteiger partial charge in [0.05, 0.1) is 5.25 Å². The molecule has 0 spiro atoms. The molecule has 0 heterocycles. The minimum atomic E-state index is -3.88. The summed E-state index contributed by atoms with van der Waals surface area (Å²) in [4.78, 5) is 23.9. The van der Waals surface area contributed by atoms with Gasteiger partial charge < -0.3 is 11.5 Å². The summed E-state index contributed by atoms with van der Waals surface area (Å²) in [6.07, 6.45) is 0.513. The second-order valence-corrected chi connectivity index (χ2v) is 9.45. The number of nitrogens with two attached hydrogens (primary N) is 2. The largest absolute Gasteiger partial charge is 0.398 e. The van der Waals surface area contributed by atoms with Gasteiger partial charge in [0.15, 0.2) is 15.6 Å². The number of carbonyl (C=O) groups is 2. The maximum absolute atomic E-state index is 13.2. The van der Waals surface area contributed by atoms with E-state index in [-0.39, 0.29) is 19.3 Å². The van der Waals surface area contributed by atoms with Crippen molar-refractivity contribution in [2.75, 3.05) is 11.5 Å². The number of amides is 1. The van der Waals surface area contributed by atoms with E-state index in [2.05, 4.69) is 0 Å². The fraction of sp³-hybridized carbons (Fsp3) is 0.217. The third kappa shape index (κ3) is 5.04. The van der Waals surface area contributed by atoms with Gasteiger partial charge in [0.2, 0.25) is 5.91 Å². The monoisotopic (exact) mass is 424 g/mol. The summed E-state index contributed by atoms with van der Waals surface area (Å²) in [7, 11) is -3.88. The molecular weight excluding hydrogens is 400 g/mol. The number of nitrogen functional groups attached to an aromatic ring is 1. The standard InChI is InChI=1S/C23H24N2O4S/c24-20-9-4-3-8-19(20)22(10-5-11-23(25)27)30(28,29)15-21(26)18-13-12-16-6-1-2-7-17(16)14-18/h1-4,6-9,12-14,22H,5,10-11,15,24H2,(H2,25,27). The van der Waals surface area contributed by atoms with Gasteiger partial charge in [0, 0.05) is 17.7 Å². The van der Waals surface area contributed by atoms with Gasteiger partial charge in [-0.2, -0.15) is 0 Å². The van der Waals surface area contributed by atoms with E-state index in [4.69, 9.17) is 11.5 Å². The van der Waals surface area contributed by atoms with Crippen molar-refractivity contribution in [3.05, 3.63) is 77.9 Å². The fourth-order valence-corrected chi connectivity index (χ4v) is 5.38. The molecule has 0 aliphatic heterocycles. The Labute approximate surface area is 175 Å². The van der Waals surface area contributed by atoms with E-state index in [9.17, 15) is 18.0 Å². The van der Waals surface area contributed by atoms with Gasteiger partial charge >= 0.3 is 0 Å². The lowest BCUT2D eigenvalue weighted by atomic mass is 10.0. The topological polar surface area (TPSA) is 120 Å². The van der Waals surface area contributed by atoms with Crippen LogP contribution in [-0.2, 0) is 14.6 Å². The molecule has 0 aromatic heterocycles. The summed E-state index contributed by atoms with van der Waals surface area (Å²) >= 11 is 0. The van der Waals surface area contributed by atoms with Gasteiger partial charge in [-0.15, -0.1) is 0 Å². The zero-order chi connectivity index (χ0) is 21.7. The maximum atomic E-state index is 13.2. The molecule has 156 valence electrons. The Balaban J connectivity index is 1.88. The molecule has 0 radical (unpaired) electrons. The first-order valence-corrected chi connectivity index (χ1v) is 11.4. The van der Waals surface area contributed by atoms with Crippen LogP contribution < -0.4 is 11.5 Å². The molecule has 7 heteroatoms. The van der Waals surface area contributed by atoms with Crippen LogP contribution >= 0.6 is 0 Å². The van der Waals surface area contributed by atoms with Gasteiger partial charge in [-0.1, -0.05) is 54.6 Å². The van der Waals surface area contributed by atoms with Crippen LogP contribution in [-0.4, -0.2) is 25.9 Å². The normalized spacial score (nSPS) is 12.5. The number of hydrogen-bond donors (Lipinski definition) is 2. The maximum Gasteiger partial charge on any atom is 0.217 e. The van der Waals surface area contributed by atoms with E-state index in [0.29, 0.717) is 16.8 Å². The number of para-hydroxylation sites is 1. The molecule has 3 aromatic carbocycles. The van der Waals surface area contributed by atoms with Crippen LogP contribution in [0.3, 0.4) is 0 Å². The van der Waals surface area contributed by atoms with E-state index >= 15 is 0 Å². The van der Waals surface area contributed by atoms with Crippen molar-refractivity contribution in [1.29, 1.82) is 0 Å². The fourth-order valence-electron chi connectivity index (χ4n) is 3.52. The van der Waals surface area contributed by atoms with Gasteiger partial charge in [0.25, 0.3) is 0 Å². The number of anilines is 1. The van der Waals surface area contributed by atoms with Gasteiger partial charge in [0.1, 0.15) is 5.75 Å². The van der Waals surface area contributed by atoms with Crippen LogP contribution in [0, 0.1) is 0 Å². The summed E-state index contributed by atoms with van der Waals surface area (Å²) in [5.41, 5.74) is 12.3. The second-order valence-electron chi connectivity index (χ2n) is 7.27. The third-order valence-corrected chi connectivity index (χ3v) is 7.09. The molecule has 4 N–H and O–H groups in total. The Kier molecular flexibility index (Phi) is 6.52. The summed E-state index contributed by atoms with van der Waals surface area (Å²) < 4.78 is 26.4. The van der Waals surface area contributed by atoms with E-state index < -0.39 is 32.5 Å². The molecular formula is C23H24N2O4S. The highest BCUT2D eigenvalue weighted by atomic mass is 32.2. The molecule has 30 heavy (non-hydrogen) atoms. The summed E-state index contributed by atoms with van der Waals surface area (Å²) in [6, 6.07) is 19.4. The predicted molar refractivity (Wildman–Crippen MR) is 119 cm³/mol. The van der Waals surface area contributed by atoms with Crippen molar-refractivity contribution in [2.45, 2.75) is 24.5 Å². The Bertz CT molecular complexity index is 1190. The van der Waals surface area contributed by atoms with E-state index in [1.54, 1.807) is 42.5 Å². The first-order valence-electron chi connectivity index (χ1n) is 9.64. The number of sulfone groups is 1. The van der Waals surface area contributed by atoms with E-state index in [1.807, 2.05) is 24.3 Å². The number of hydrogen-bond acceptors (Lipinski definition) is 5. The zero-order valence-electron chi connectivity index (χ0n) is 16.5. The molecule has 0 bridgehead atoms. The number of ketones is 1. The molecule has 3 rings (SSSR count). The number of carbonyl (C=O) groups excluding carboxylic acids is 2. The first-order chi connectivity index (χ1) is 14.3. The highest BCUT2D eigenvalue weighted by Crippen LogP contribution is 2.33. The highest BCUT2D eigenvalue weighted by molar-refractivity contribution is 7.92. The molecule has 0 saturated carbocycles. The SMILES string of the molecule is NC(=O)CCCC(c1ccccc1N)S(=O)(=O)CC(=O)c1ccc2ccccc2c1. The van der Waals surface area contributed by atoms with Crippen LogP contribution in [0.2, 0.25) is 0 Å². The Morgan fingerprint density at radius 3 is 2.27 bits per heavy atom. The van der Waals surface area contributed by atoms with Crippen molar-refractivity contribution >= 4 is 38.0 Å². The minimum absolute atomic E-state index is 0.0668. The lowest BCUT2D eigenvalue weighted by Crippen LogP contribution is -2.24. The number of benzene rings is 3. The molecule has 0 saturated heterocycles. The lowest BCUT2D eigenvalue weighted by molar-refractivity contribution is -0.118. The summed E-state index contributed by atoms with van der Waals surface area (Å²) in [5, 5.41) is 0.854. The highest BCUT2D eigenvalue weighted by Gasteiger charge is 2.31. The average Bonchev–Trinajstić information content (AvgIpc) is 2.71. The van der Waals surface area contributed by atoms with Crippen molar-refractivity contribution in [2.24, 2.45) is 5.73 Å². The Morgan fingerprint density at radius 1 is 0.900 bits per heavy atom. The number of primary amides is 1. The second kappa shape index (κ2) is 9.09. The molecule has 0 aliphatic rings. The number of rotatable bonds is 9. The molecule has 1 unspecified atom stereocenters. The number of Topliss-reactive ketones (excluding diaryl/α,β-unsaturated/α-hetero) is 1. The van der Waals surface area contributed by atoms with Crippen molar-refractivity contribution in [1.82, 2.24) is 0 Å². The summed E-state index contributed by atoms with van der Waals surface area (Å²) in [5.74, 6) is -1.62. The first kappa shape index (κ1) is 21.5. The van der Waals surface area contributed by atoms with E-state index in [0.717, 1.165) is 10.8 Å². The van der Waals surface area contributed by atoms with Gasteiger partial charge in [-0.25, -0.2) is 8.42 Å². The lowest BCUT2D eigenvalue weighted by Gasteiger charge is -2.19. The van der Waals surface area contributed by atoms with Crippen LogP contribution in [0.25, 0.3) is 10.8 Å². The third-order valence-electron chi connectivity index (χ3n) is 5.07.